The van der Waals surface area contributed by atoms with Gasteiger partial charge in [0.2, 0.25) is 0 Å². The van der Waals surface area contributed by atoms with Gasteiger partial charge in [-0.2, -0.15) is 11.3 Å². The third kappa shape index (κ3) is 2.25. The van der Waals surface area contributed by atoms with Crippen LogP contribution in [0.25, 0.3) is 32.7 Å². The molecule has 1 aromatic carbocycles. The lowest BCUT2D eigenvalue weighted by Crippen LogP contribution is -1.89. The largest absolute Gasteiger partial charge is 0.217 e. The summed E-state index contributed by atoms with van der Waals surface area (Å²) in [5, 5.41) is 7.59. The van der Waals surface area contributed by atoms with Gasteiger partial charge in [0.15, 0.2) is 5.82 Å². The minimum absolute atomic E-state index is 0.515. The Labute approximate surface area is 134 Å². The lowest BCUT2D eigenvalue weighted by molar-refractivity contribution is 1.24. The van der Waals surface area contributed by atoms with E-state index in [0.29, 0.717) is 11.0 Å². The van der Waals surface area contributed by atoms with Gasteiger partial charge < -0.3 is 0 Å². The van der Waals surface area contributed by atoms with E-state index in [4.69, 9.17) is 11.6 Å². The Morgan fingerprint density at radius 1 is 0.905 bits per heavy atom. The highest BCUT2D eigenvalue weighted by molar-refractivity contribution is 7.17. The Kier molecular flexibility index (Phi) is 3.22. The van der Waals surface area contributed by atoms with E-state index in [0.717, 1.165) is 26.9 Å². The summed E-state index contributed by atoms with van der Waals surface area (Å²) in [5.41, 5.74) is 3.24. The van der Waals surface area contributed by atoms with E-state index in [1.165, 1.54) is 0 Å². The zero-order valence-corrected chi connectivity index (χ0v) is 13.2. The van der Waals surface area contributed by atoms with Gasteiger partial charge in [0.1, 0.15) is 9.98 Å². The predicted molar refractivity (Wildman–Crippen MR) is 91.2 cm³/mol. The van der Waals surface area contributed by atoms with Gasteiger partial charge in [0, 0.05) is 21.9 Å². The molecule has 0 amide bonds. The number of nitrogens with zero attached hydrogens (tertiary/aromatic N) is 2. The standard InChI is InChI=1S/C16H9ClN2S2/c17-14-13-12(10-4-2-1-3-5-10)9-21-16(13)19-15(18-14)11-6-7-20-8-11/h1-9H. The van der Waals surface area contributed by atoms with Gasteiger partial charge >= 0.3 is 0 Å². The number of hydrogen-bond acceptors (Lipinski definition) is 4. The van der Waals surface area contributed by atoms with Crippen molar-refractivity contribution in [2.24, 2.45) is 0 Å². The Balaban J connectivity index is 1.94. The Morgan fingerprint density at radius 2 is 1.76 bits per heavy atom. The molecule has 0 spiro atoms. The average molecular weight is 329 g/mol. The molecule has 4 aromatic rings. The van der Waals surface area contributed by atoms with Gasteiger partial charge in [-0.05, 0) is 17.0 Å². The van der Waals surface area contributed by atoms with Crippen molar-refractivity contribution in [3.63, 3.8) is 0 Å². The second kappa shape index (κ2) is 5.22. The third-order valence-electron chi connectivity index (χ3n) is 3.25. The molecule has 0 saturated carbocycles. The molecule has 21 heavy (non-hydrogen) atoms. The highest BCUT2D eigenvalue weighted by Crippen LogP contribution is 2.37. The monoisotopic (exact) mass is 328 g/mol. The molecule has 0 N–H and O–H groups in total. The van der Waals surface area contributed by atoms with Gasteiger partial charge in [-0.15, -0.1) is 11.3 Å². The average Bonchev–Trinajstić information content (AvgIpc) is 3.17. The lowest BCUT2D eigenvalue weighted by Gasteiger charge is -2.03. The van der Waals surface area contributed by atoms with Crippen molar-refractivity contribution in [1.82, 2.24) is 9.97 Å². The summed E-state index contributed by atoms with van der Waals surface area (Å²) in [4.78, 5) is 10.1. The van der Waals surface area contributed by atoms with Crippen LogP contribution in [-0.4, -0.2) is 9.97 Å². The van der Waals surface area contributed by atoms with Gasteiger partial charge in [-0.25, -0.2) is 9.97 Å². The maximum atomic E-state index is 6.43. The highest BCUT2D eigenvalue weighted by atomic mass is 35.5. The second-order valence-corrected chi connectivity index (χ2v) is 6.54. The summed E-state index contributed by atoms with van der Waals surface area (Å²) in [6.45, 7) is 0. The first-order valence-corrected chi connectivity index (χ1v) is 8.56. The Hall–Kier alpha value is -1.75. The molecule has 3 aromatic heterocycles. The van der Waals surface area contributed by atoms with Crippen LogP contribution in [0.2, 0.25) is 5.15 Å². The summed E-state index contributed by atoms with van der Waals surface area (Å²) in [6.07, 6.45) is 0. The molecule has 0 radical (unpaired) electrons. The quantitative estimate of drug-likeness (QED) is 0.438. The van der Waals surface area contributed by atoms with Gasteiger partial charge in [-0.1, -0.05) is 41.9 Å². The van der Waals surface area contributed by atoms with Crippen LogP contribution >= 0.6 is 34.3 Å². The van der Waals surface area contributed by atoms with E-state index >= 15 is 0 Å². The highest BCUT2D eigenvalue weighted by Gasteiger charge is 2.14. The van der Waals surface area contributed by atoms with E-state index < -0.39 is 0 Å². The molecule has 5 heteroatoms. The number of rotatable bonds is 2. The Morgan fingerprint density at radius 3 is 2.52 bits per heavy atom. The van der Waals surface area contributed by atoms with E-state index in [-0.39, 0.29) is 0 Å². The van der Waals surface area contributed by atoms with Crippen molar-refractivity contribution >= 4 is 44.5 Å². The van der Waals surface area contributed by atoms with E-state index in [1.807, 2.05) is 35.0 Å². The fraction of sp³-hybridized carbons (Fsp3) is 0. The van der Waals surface area contributed by atoms with Crippen LogP contribution in [0.4, 0.5) is 0 Å². The second-order valence-electron chi connectivity index (χ2n) is 4.55. The van der Waals surface area contributed by atoms with Crippen LogP contribution in [-0.2, 0) is 0 Å². The molecule has 0 aliphatic rings. The molecular formula is C16H9ClN2S2. The molecular weight excluding hydrogens is 320 g/mol. The van der Waals surface area contributed by atoms with Crippen molar-refractivity contribution in [1.29, 1.82) is 0 Å². The summed E-state index contributed by atoms with van der Waals surface area (Å²) in [7, 11) is 0. The zero-order chi connectivity index (χ0) is 14.2. The summed E-state index contributed by atoms with van der Waals surface area (Å²) >= 11 is 9.66. The maximum Gasteiger partial charge on any atom is 0.163 e. The van der Waals surface area contributed by atoms with Crippen LogP contribution in [0.15, 0.2) is 52.5 Å². The molecule has 0 atom stereocenters. The molecule has 2 nitrogen and oxygen atoms in total. The SMILES string of the molecule is Clc1nc(-c2ccsc2)nc2scc(-c3ccccc3)c12. The molecule has 4 rings (SSSR count). The van der Waals surface area contributed by atoms with E-state index in [9.17, 15) is 0 Å². The molecule has 0 fully saturated rings. The van der Waals surface area contributed by atoms with Gasteiger partial charge in [0.05, 0.1) is 5.39 Å². The number of hydrogen-bond donors (Lipinski definition) is 0. The summed E-state index contributed by atoms with van der Waals surface area (Å²) in [6, 6.07) is 12.2. The molecule has 0 bridgehead atoms. The smallest absolute Gasteiger partial charge is 0.163 e. The third-order valence-corrected chi connectivity index (χ3v) is 5.08. The molecule has 0 aliphatic heterocycles. The zero-order valence-electron chi connectivity index (χ0n) is 10.8. The molecule has 3 heterocycles. The first kappa shape index (κ1) is 13.0. The van der Waals surface area contributed by atoms with Crippen LogP contribution in [0.5, 0.6) is 0 Å². The van der Waals surface area contributed by atoms with Crippen molar-refractivity contribution < 1.29 is 0 Å². The van der Waals surface area contributed by atoms with E-state index in [2.05, 4.69) is 27.5 Å². The van der Waals surface area contributed by atoms with Crippen LogP contribution in [0.3, 0.4) is 0 Å². The molecule has 0 saturated heterocycles. The number of aromatic nitrogens is 2. The topological polar surface area (TPSA) is 25.8 Å². The van der Waals surface area contributed by atoms with Crippen molar-refractivity contribution in [2.45, 2.75) is 0 Å². The first-order chi connectivity index (χ1) is 10.3. The van der Waals surface area contributed by atoms with Crippen molar-refractivity contribution in [3.05, 3.63) is 57.7 Å². The number of halogens is 1. The number of fused-ring (bicyclic) bond motifs is 1. The predicted octanol–water partition coefficient (Wildman–Crippen LogP) is 5.74. The first-order valence-electron chi connectivity index (χ1n) is 6.35. The van der Waals surface area contributed by atoms with Crippen LogP contribution in [0.1, 0.15) is 0 Å². The van der Waals surface area contributed by atoms with E-state index in [1.54, 1.807) is 22.7 Å². The number of thiophene rings is 2. The molecule has 102 valence electrons. The maximum absolute atomic E-state index is 6.43. The summed E-state index contributed by atoms with van der Waals surface area (Å²) < 4.78 is 0. The molecule has 0 unspecified atom stereocenters. The minimum Gasteiger partial charge on any atom is -0.217 e. The van der Waals surface area contributed by atoms with Crippen LogP contribution < -0.4 is 0 Å². The lowest BCUT2D eigenvalue weighted by atomic mass is 10.1. The summed E-state index contributed by atoms with van der Waals surface area (Å²) in [5.74, 6) is 0.690. The van der Waals surface area contributed by atoms with Gasteiger partial charge in [0.25, 0.3) is 0 Å². The molecule has 0 aliphatic carbocycles. The fourth-order valence-electron chi connectivity index (χ4n) is 2.25. The van der Waals surface area contributed by atoms with Crippen molar-refractivity contribution in [3.8, 4) is 22.5 Å². The number of benzene rings is 1. The van der Waals surface area contributed by atoms with Crippen molar-refractivity contribution in [2.75, 3.05) is 0 Å². The van der Waals surface area contributed by atoms with Crippen LogP contribution in [0, 0.1) is 0 Å². The fourth-order valence-corrected chi connectivity index (χ4v) is 4.16. The normalized spacial score (nSPS) is 11.1. The Bertz CT molecular complexity index is 899. The minimum atomic E-state index is 0.515. The van der Waals surface area contributed by atoms with Gasteiger partial charge in [-0.3, -0.25) is 0 Å².